The summed E-state index contributed by atoms with van der Waals surface area (Å²) in [6.45, 7) is 0.658. The fourth-order valence-corrected chi connectivity index (χ4v) is 3.29. The molecular formula is C12H13BrClNO2S. The molecule has 3 nitrogen and oxygen atoms in total. The number of ether oxygens (including phenoxy) is 1. The molecule has 1 saturated heterocycles. The van der Waals surface area contributed by atoms with Gasteiger partial charge in [0.1, 0.15) is 0 Å². The van der Waals surface area contributed by atoms with E-state index in [2.05, 4.69) is 28.6 Å². The lowest BCUT2D eigenvalue weighted by atomic mass is 10.1. The summed E-state index contributed by atoms with van der Waals surface area (Å²) in [4.78, 5) is 13.7. The van der Waals surface area contributed by atoms with Crippen LogP contribution in [0.5, 0.6) is 5.75 Å². The minimum atomic E-state index is 0.0847. The second kappa shape index (κ2) is 5.72. The topological polar surface area (TPSA) is 29.5 Å². The molecule has 1 atom stereocenters. The van der Waals surface area contributed by atoms with Crippen LogP contribution >= 0.6 is 40.2 Å². The maximum atomic E-state index is 12.0. The van der Waals surface area contributed by atoms with Crippen molar-refractivity contribution in [2.24, 2.45) is 5.92 Å². The summed E-state index contributed by atoms with van der Waals surface area (Å²) in [6, 6.07) is 3.50. The van der Waals surface area contributed by atoms with Crippen LogP contribution in [0.4, 0.5) is 5.69 Å². The lowest BCUT2D eigenvalue weighted by Crippen LogP contribution is -2.25. The van der Waals surface area contributed by atoms with Crippen LogP contribution in [-0.4, -0.2) is 25.3 Å². The van der Waals surface area contributed by atoms with Gasteiger partial charge in [0.15, 0.2) is 5.75 Å². The summed E-state index contributed by atoms with van der Waals surface area (Å²) in [5, 5.41) is 0.569. The van der Waals surface area contributed by atoms with E-state index < -0.39 is 0 Å². The predicted molar refractivity (Wildman–Crippen MR) is 80.0 cm³/mol. The first kappa shape index (κ1) is 14.0. The van der Waals surface area contributed by atoms with Crippen molar-refractivity contribution in [1.82, 2.24) is 0 Å². The fourth-order valence-electron chi connectivity index (χ4n) is 2.09. The first-order valence-corrected chi connectivity index (χ1v) is 7.31. The molecule has 1 unspecified atom stereocenters. The van der Waals surface area contributed by atoms with Crippen LogP contribution in [0.2, 0.25) is 5.02 Å². The smallest absolute Gasteiger partial charge is 0.227 e. The first-order chi connectivity index (χ1) is 8.56. The number of thiol groups is 1. The Morgan fingerprint density at radius 1 is 1.61 bits per heavy atom. The van der Waals surface area contributed by atoms with Crippen molar-refractivity contribution in [3.63, 3.8) is 0 Å². The Hall–Kier alpha value is -0.390. The van der Waals surface area contributed by atoms with Gasteiger partial charge in [0, 0.05) is 18.0 Å². The number of carbonyl (C=O) groups is 1. The third-order valence-electron chi connectivity index (χ3n) is 2.95. The van der Waals surface area contributed by atoms with Crippen LogP contribution in [0.15, 0.2) is 16.6 Å². The normalized spacial score (nSPS) is 19.4. The van der Waals surface area contributed by atoms with Gasteiger partial charge in [-0.25, -0.2) is 0 Å². The molecule has 98 valence electrons. The van der Waals surface area contributed by atoms with Crippen molar-refractivity contribution in [3.05, 3.63) is 21.6 Å². The molecule has 1 amide bonds. The van der Waals surface area contributed by atoms with E-state index in [1.54, 1.807) is 24.1 Å². The van der Waals surface area contributed by atoms with E-state index in [-0.39, 0.29) is 11.8 Å². The molecule has 1 aromatic rings. The third-order valence-corrected chi connectivity index (χ3v) is 4.27. The van der Waals surface area contributed by atoms with Crippen molar-refractivity contribution < 1.29 is 9.53 Å². The fraction of sp³-hybridized carbons (Fsp3) is 0.417. The number of methoxy groups -OCH3 is 1. The Morgan fingerprint density at radius 3 is 2.89 bits per heavy atom. The lowest BCUT2D eigenvalue weighted by Gasteiger charge is -2.20. The Kier molecular flexibility index (Phi) is 4.45. The van der Waals surface area contributed by atoms with Crippen molar-refractivity contribution in [2.45, 2.75) is 6.42 Å². The van der Waals surface area contributed by atoms with Crippen molar-refractivity contribution >= 4 is 51.8 Å². The molecule has 2 rings (SSSR count). The van der Waals surface area contributed by atoms with Crippen LogP contribution in [0.3, 0.4) is 0 Å². The van der Waals surface area contributed by atoms with E-state index in [0.717, 1.165) is 4.47 Å². The van der Waals surface area contributed by atoms with Gasteiger partial charge in [-0.05, 0) is 39.7 Å². The van der Waals surface area contributed by atoms with Gasteiger partial charge in [0.2, 0.25) is 5.91 Å². The minimum Gasteiger partial charge on any atom is -0.493 e. The van der Waals surface area contributed by atoms with Gasteiger partial charge in [-0.3, -0.25) is 4.79 Å². The summed E-state index contributed by atoms with van der Waals surface area (Å²) in [5.74, 6) is 1.70. The summed E-state index contributed by atoms with van der Waals surface area (Å²) < 4.78 is 6.09. The molecule has 0 spiro atoms. The molecule has 18 heavy (non-hydrogen) atoms. The number of halogens is 2. The van der Waals surface area contributed by atoms with E-state index in [4.69, 9.17) is 16.3 Å². The number of amides is 1. The van der Waals surface area contributed by atoms with Crippen molar-refractivity contribution in [3.8, 4) is 5.75 Å². The zero-order valence-electron chi connectivity index (χ0n) is 9.82. The number of nitrogens with zero attached hydrogens (tertiary/aromatic N) is 1. The van der Waals surface area contributed by atoms with Gasteiger partial charge in [-0.15, -0.1) is 0 Å². The minimum absolute atomic E-state index is 0.0847. The summed E-state index contributed by atoms with van der Waals surface area (Å²) >= 11 is 13.7. The standard InChI is InChI=1S/C12H13BrClNO2S/c1-17-12-9(13)3-8(14)4-10(12)15-5-7(6-18)2-11(15)16/h3-4,7,18H,2,5-6H2,1H3. The second-order valence-electron chi connectivity index (χ2n) is 4.20. The maximum absolute atomic E-state index is 12.0. The first-order valence-electron chi connectivity index (χ1n) is 5.51. The molecule has 1 fully saturated rings. The molecular weight excluding hydrogens is 338 g/mol. The van der Waals surface area contributed by atoms with Gasteiger partial charge in [0.25, 0.3) is 0 Å². The zero-order valence-corrected chi connectivity index (χ0v) is 13.1. The molecule has 0 radical (unpaired) electrons. The summed E-state index contributed by atoms with van der Waals surface area (Å²) in [6.07, 6.45) is 0.525. The monoisotopic (exact) mass is 349 g/mol. The van der Waals surface area contributed by atoms with Crippen molar-refractivity contribution in [2.75, 3.05) is 24.3 Å². The molecule has 6 heteroatoms. The zero-order chi connectivity index (χ0) is 13.3. The van der Waals surface area contributed by atoms with Gasteiger partial charge in [-0.2, -0.15) is 12.6 Å². The molecule has 0 aliphatic carbocycles. The van der Waals surface area contributed by atoms with E-state index in [9.17, 15) is 4.79 Å². The number of hydrogen-bond donors (Lipinski definition) is 1. The van der Waals surface area contributed by atoms with E-state index in [1.165, 1.54) is 0 Å². The second-order valence-corrected chi connectivity index (χ2v) is 5.85. The van der Waals surface area contributed by atoms with E-state index in [1.807, 2.05) is 0 Å². The predicted octanol–water partition coefficient (Wildman–Crippen LogP) is 3.39. The number of anilines is 1. The average molecular weight is 351 g/mol. The lowest BCUT2D eigenvalue weighted by molar-refractivity contribution is -0.117. The molecule has 0 bridgehead atoms. The largest absolute Gasteiger partial charge is 0.493 e. The molecule has 1 heterocycles. The SMILES string of the molecule is COc1c(Br)cc(Cl)cc1N1CC(CS)CC1=O. The molecule has 1 aromatic carbocycles. The number of carbonyl (C=O) groups excluding carboxylic acids is 1. The molecule has 1 aliphatic rings. The quantitative estimate of drug-likeness (QED) is 0.847. The van der Waals surface area contributed by atoms with E-state index in [0.29, 0.717) is 35.2 Å². The highest BCUT2D eigenvalue weighted by molar-refractivity contribution is 9.10. The van der Waals surface area contributed by atoms with E-state index >= 15 is 0 Å². The van der Waals surface area contributed by atoms with Crippen molar-refractivity contribution in [1.29, 1.82) is 0 Å². The van der Waals surface area contributed by atoms with Crippen LogP contribution in [0.25, 0.3) is 0 Å². The van der Waals surface area contributed by atoms with Gasteiger partial charge >= 0.3 is 0 Å². The van der Waals surface area contributed by atoms with Crippen LogP contribution < -0.4 is 9.64 Å². The summed E-state index contributed by atoms with van der Waals surface area (Å²) in [5.41, 5.74) is 0.714. The van der Waals surface area contributed by atoms with Gasteiger partial charge < -0.3 is 9.64 Å². The third kappa shape index (κ3) is 2.63. The van der Waals surface area contributed by atoms with Gasteiger partial charge in [-0.1, -0.05) is 11.6 Å². The highest BCUT2D eigenvalue weighted by Gasteiger charge is 2.32. The van der Waals surface area contributed by atoms with Crippen LogP contribution in [0, 0.1) is 5.92 Å². The summed E-state index contributed by atoms with van der Waals surface area (Å²) in [7, 11) is 1.58. The Morgan fingerprint density at radius 2 is 2.33 bits per heavy atom. The number of benzene rings is 1. The van der Waals surface area contributed by atoms with Crippen LogP contribution in [-0.2, 0) is 4.79 Å². The Labute approximate surface area is 125 Å². The molecule has 1 aliphatic heterocycles. The van der Waals surface area contributed by atoms with Crippen LogP contribution in [0.1, 0.15) is 6.42 Å². The number of hydrogen-bond acceptors (Lipinski definition) is 3. The van der Waals surface area contributed by atoms with Gasteiger partial charge in [0.05, 0.1) is 17.3 Å². The number of rotatable bonds is 3. The maximum Gasteiger partial charge on any atom is 0.227 e. The average Bonchev–Trinajstić information content (AvgIpc) is 2.69. The Balaban J connectivity index is 2.41. The molecule has 0 N–H and O–H groups in total. The molecule has 0 saturated carbocycles. The highest BCUT2D eigenvalue weighted by Crippen LogP contribution is 2.40. The Bertz CT molecular complexity index is 483. The highest BCUT2D eigenvalue weighted by atomic mass is 79.9. The molecule has 0 aromatic heterocycles.